The van der Waals surface area contributed by atoms with Crippen molar-refractivity contribution >= 4 is 0 Å². The fraction of sp³-hybridized carbons (Fsp3) is 0.571. The molecule has 4 heteroatoms. The normalized spacial score (nSPS) is 15.4. The SMILES string of the molecule is CCC(C)C(Cc1ccc(C(F)(F)F)cc1)NC. The van der Waals surface area contributed by atoms with Crippen molar-refractivity contribution in [1.82, 2.24) is 5.32 Å². The number of rotatable bonds is 5. The van der Waals surface area contributed by atoms with Crippen molar-refractivity contribution in [3.63, 3.8) is 0 Å². The Bertz CT molecular complexity index is 356. The molecule has 0 aliphatic carbocycles. The Labute approximate surface area is 106 Å². The Morgan fingerprint density at radius 2 is 1.72 bits per heavy atom. The lowest BCUT2D eigenvalue weighted by Gasteiger charge is -2.22. The molecule has 0 bridgehead atoms. The van der Waals surface area contributed by atoms with Gasteiger partial charge in [-0.05, 0) is 37.1 Å². The third-order valence-electron chi connectivity index (χ3n) is 3.44. The summed E-state index contributed by atoms with van der Waals surface area (Å²) < 4.78 is 37.3. The van der Waals surface area contributed by atoms with Crippen LogP contribution in [0.3, 0.4) is 0 Å². The molecule has 102 valence electrons. The van der Waals surface area contributed by atoms with Crippen molar-refractivity contribution in [3.8, 4) is 0 Å². The summed E-state index contributed by atoms with van der Waals surface area (Å²) in [6.45, 7) is 4.26. The number of alkyl halides is 3. The standard InChI is InChI=1S/C14H20F3N/c1-4-10(2)13(18-3)9-11-5-7-12(8-6-11)14(15,16)17/h5-8,10,13,18H,4,9H2,1-3H3. The number of likely N-dealkylation sites (N-methyl/N-ethyl adjacent to an activating group) is 1. The van der Waals surface area contributed by atoms with Gasteiger partial charge in [-0.3, -0.25) is 0 Å². The summed E-state index contributed by atoms with van der Waals surface area (Å²) in [5.41, 5.74) is 0.346. The number of hydrogen-bond acceptors (Lipinski definition) is 1. The summed E-state index contributed by atoms with van der Waals surface area (Å²) in [6.07, 6.45) is -2.45. The second-order valence-electron chi connectivity index (χ2n) is 4.68. The first-order chi connectivity index (χ1) is 8.38. The van der Waals surface area contributed by atoms with Crippen LogP contribution in [0.2, 0.25) is 0 Å². The molecule has 0 radical (unpaired) electrons. The Morgan fingerprint density at radius 1 is 1.17 bits per heavy atom. The molecular weight excluding hydrogens is 239 g/mol. The lowest BCUT2D eigenvalue weighted by molar-refractivity contribution is -0.137. The minimum Gasteiger partial charge on any atom is -0.316 e. The smallest absolute Gasteiger partial charge is 0.316 e. The molecule has 2 atom stereocenters. The molecule has 1 aromatic carbocycles. The van der Waals surface area contributed by atoms with E-state index >= 15 is 0 Å². The highest BCUT2D eigenvalue weighted by molar-refractivity contribution is 5.25. The van der Waals surface area contributed by atoms with Gasteiger partial charge in [-0.25, -0.2) is 0 Å². The van der Waals surface area contributed by atoms with E-state index in [4.69, 9.17) is 0 Å². The largest absolute Gasteiger partial charge is 0.416 e. The van der Waals surface area contributed by atoms with E-state index in [0.29, 0.717) is 12.0 Å². The van der Waals surface area contributed by atoms with Crippen LogP contribution < -0.4 is 5.32 Å². The topological polar surface area (TPSA) is 12.0 Å². The lowest BCUT2D eigenvalue weighted by atomic mass is 9.93. The van der Waals surface area contributed by atoms with E-state index in [1.807, 2.05) is 7.05 Å². The van der Waals surface area contributed by atoms with Gasteiger partial charge in [0.05, 0.1) is 5.56 Å². The molecular formula is C14H20F3N. The fourth-order valence-corrected chi connectivity index (χ4v) is 1.96. The Kier molecular flexibility index (Phi) is 5.20. The van der Waals surface area contributed by atoms with E-state index in [0.717, 1.165) is 30.5 Å². The Balaban J connectivity index is 2.74. The van der Waals surface area contributed by atoms with Crippen LogP contribution >= 0.6 is 0 Å². The minimum atomic E-state index is -4.25. The van der Waals surface area contributed by atoms with E-state index < -0.39 is 11.7 Å². The molecule has 0 saturated carbocycles. The van der Waals surface area contributed by atoms with E-state index in [1.165, 1.54) is 0 Å². The molecule has 2 unspecified atom stereocenters. The molecule has 0 heterocycles. The molecule has 0 saturated heterocycles. The van der Waals surface area contributed by atoms with Crippen molar-refractivity contribution in [1.29, 1.82) is 0 Å². The zero-order valence-corrected chi connectivity index (χ0v) is 11.0. The number of hydrogen-bond donors (Lipinski definition) is 1. The van der Waals surface area contributed by atoms with Crippen LogP contribution in [0.1, 0.15) is 31.4 Å². The van der Waals surface area contributed by atoms with Crippen LogP contribution in [0, 0.1) is 5.92 Å². The molecule has 0 spiro atoms. The van der Waals surface area contributed by atoms with Crippen LogP contribution in [0.5, 0.6) is 0 Å². The molecule has 0 aliphatic heterocycles. The zero-order chi connectivity index (χ0) is 13.8. The van der Waals surface area contributed by atoms with Crippen LogP contribution in [0.4, 0.5) is 13.2 Å². The first kappa shape index (κ1) is 15.0. The van der Waals surface area contributed by atoms with Gasteiger partial charge in [0.15, 0.2) is 0 Å². The first-order valence-corrected chi connectivity index (χ1v) is 6.21. The van der Waals surface area contributed by atoms with E-state index in [1.54, 1.807) is 12.1 Å². The molecule has 1 aromatic rings. The van der Waals surface area contributed by atoms with Gasteiger partial charge in [-0.1, -0.05) is 32.4 Å². The van der Waals surface area contributed by atoms with Gasteiger partial charge in [0.1, 0.15) is 0 Å². The van der Waals surface area contributed by atoms with Gasteiger partial charge in [-0.2, -0.15) is 13.2 Å². The molecule has 1 N–H and O–H groups in total. The lowest BCUT2D eigenvalue weighted by Crippen LogP contribution is -2.33. The summed E-state index contributed by atoms with van der Waals surface area (Å²) in [7, 11) is 1.89. The number of nitrogens with one attached hydrogen (secondary N) is 1. The van der Waals surface area contributed by atoms with Crippen molar-refractivity contribution in [2.45, 2.75) is 38.9 Å². The molecule has 1 nitrogen and oxygen atoms in total. The van der Waals surface area contributed by atoms with Crippen LogP contribution in [0.15, 0.2) is 24.3 Å². The predicted molar refractivity (Wildman–Crippen MR) is 67.5 cm³/mol. The molecule has 1 rings (SSSR count). The highest BCUT2D eigenvalue weighted by Crippen LogP contribution is 2.29. The van der Waals surface area contributed by atoms with Gasteiger partial charge in [0, 0.05) is 6.04 Å². The molecule has 0 aromatic heterocycles. The number of halogens is 3. The summed E-state index contributed by atoms with van der Waals surface area (Å²) in [5.74, 6) is 0.497. The average molecular weight is 259 g/mol. The van der Waals surface area contributed by atoms with Gasteiger partial charge < -0.3 is 5.32 Å². The van der Waals surface area contributed by atoms with Crippen molar-refractivity contribution in [2.75, 3.05) is 7.05 Å². The molecule has 0 amide bonds. The second-order valence-corrected chi connectivity index (χ2v) is 4.68. The maximum Gasteiger partial charge on any atom is 0.416 e. The Hall–Kier alpha value is -1.03. The van der Waals surface area contributed by atoms with Crippen molar-refractivity contribution in [2.24, 2.45) is 5.92 Å². The minimum absolute atomic E-state index is 0.298. The van der Waals surface area contributed by atoms with Crippen LogP contribution in [-0.2, 0) is 12.6 Å². The highest BCUT2D eigenvalue weighted by atomic mass is 19.4. The highest BCUT2D eigenvalue weighted by Gasteiger charge is 2.30. The molecule has 0 aliphatic rings. The van der Waals surface area contributed by atoms with Crippen molar-refractivity contribution in [3.05, 3.63) is 35.4 Å². The maximum atomic E-state index is 12.4. The van der Waals surface area contributed by atoms with Crippen LogP contribution in [-0.4, -0.2) is 13.1 Å². The van der Waals surface area contributed by atoms with E-state index in [-0.39, 0.29) is 0 Å². The third-order valence-corrected chi connectivity index (χ3v) is 3.44. The van der Waals surface area contributed by atoms with Gasteiger partial charge >= 0.3 is 6.18 Å². The predicted octanol–water partition coefficient (Wildman–Crippen LogP) is 3.88. The first-order valence-electron chi connectivity index (χ1n) is 6.21. The Morgan fingerprint density at radius 3 is 2.11 bits per heavy atom. The molecule has 0 fully saturated rings. The fourth-order valence-electron chi connectivity index (χ4n) is 1.96. The van der Waals surface area contributed by atoms with E-state index in [9.17, 15) is 13.2 Å². The average Bonchev–Trinajstić information content (AvgIpc) is 2.34. The second kappa shape index (κ2) is 6.23. The summed E-state index contributed by atoms with van der Waals surface area (Å²) >= 11 is 0. The summed E-state index contributed by atoms with van der Waals surface area (Å²) in [4.78, 5) is 0. The maximum absolute atomic E-state index is 12.4. The summed E-state index contributed by atoms with van der Waals surface area (Å²) in [6, 6.07) is 5.73. The molecule has 18 heavy (non-hydrogen) atoms. The van der Waals surface area contributed by atoms with E-state index in [2.05, 4.69) is 19.2 Å². The van der Waals surface area contributed by atoms with Gasteiger partial charge in [0.25, 0.3) is 0 Å². The summed E-state index contributed by atoms with van der Waals surface area (Å²) in [5, 5.41) is 3.22. The van der Waals surface area contributed by atoms with Crippen molar-refractivity contribution < 1.29 is 13.2 Å². The van der Waals surface area contributed by atoms with Gasteiger partial charge in [-0.15, -0.1) is 0 Å². The monoisotopic (exact) mass is 259 g/mol. The van der Waals surface area contributed by atoms with Crippen LogP contribution in [0.25, 0.3) is 0 Å². The third kappa shape index (κ3) is 4.02. The van der Waals surface area contributed by atoms with Gasteiger partial charge in [0.2, 0.25) is 0 Å². The quantitative estimate of drug-likeness (QED) is 0.846. The number of benzene rings is 1. The zero-order valence-electron chi connectivity index (χ0n) is 11.0.